The van der Waals surface area contributed by atoms with E-state index in [1.54, 1.807) is 77.1 Å². The van der Waals surface area contributed by atoms with Gasteiger partial charge in [-0.3, -0.25) is 101 Å². The normalized spacial score (nSPS) is 15.3. The highest BCUT2D eigenvalue weighted by atomic mass is 16.4. The Morgan fingerprint density at radius 2 is 0.859 bits per heavy atom. The zero-order valence-electron chi connectivity index (χ0n) is 77.1. The fourth-order valence-electron chi connectivity index (χ4n) is 15.5. The van der Waals surface area contributed by atoms with Crippen LogP contribution >= 0.6 is 0 Å². The van der Waals surface area contributed by atoms with Gasteiger partial charge in [-0.2, -0.15) is 0 Å². The molecule has 1 heterocycles. The van der Waals surface area contributed by atoms with Crippen LogP contribution in [0.1, 0.15) is 208 Å². The Balaban J connectivity index is 1.28. The van der Waals surface area contributed by atoms with Gasteiger partial charge in [-0.25, -0.2) is 0 Å². The van der Waals surface area contributed by atoms with Gasteiger partial charge in [0.05, 0.1) is 110 Å². The van der Waals surface area contributed by atoms with Gasteiger partial charge in [0.15, 0.2) is 34.7 Å². The largest absolute Gasteiger partial charge is 0.508 e. The van der Waals surface area contributed by atoms with Crippen LogP contribution in [0, 0.1) is 53.3 Å². The number of Topliss-reactive ketones (excluding diaryl/α,β-unsaturated/α-hetero) is 7. The summed E-state index contributed by atoms with van der Waals surface area (Å²) in [7, 11) is 0. The second kappa shape index (κ2) is 57.1. The third-order valence-electron chi connectivity index (χ3n) is 23.6. The van der Waals surface area contributed by atoms with Crippen LogP contribution in [0.2, 0.25) is 0 Å². The lowest BCUT2D eigenvalue weighted by Gasteiger charge is -2.28. The minimum atomic E-state index is -2.00. The van der Waals surface area contributed by atoms with Crippen molar-refractivity contribution in [2.24, 2.45) is 59.0 Å². The summed E-state index contributed by atoms with van der Waals surface area (Å²) < 4.78 is 0. The molecule has 4 aromatic rings. The summed E-state index contributed by atoms with van der Waals surface area (Å²) >= 11 is 0. The number of carboxylic acid groups (broad SMARTS) is 3. The van der Waals surface area contributed by atoms with Gasteiger partial charge in [0.25, 0.3) is 11.8 Å². The van der Waals surface area contributed by atoms with Gasteiger partial charge < -0.3 is 94.2 Å². The van der Waals surface area contributed by atoms with Gasteiger partial charge in [0.1, 0.15) is 23.3 Å². The Kier molecular flexibility index (Phi) is 47.7. The number of aliphatic hydroxyl groups excluding tert-OH is 4. The molecule has 0 saturated heterocycles. The number of amides is 10. The van der Waals surface area contributed by atoms with Crippen molar-refractivity contribution in [2.75, 3.05) is 39.4 Å². The number of aliphatic hydroxyl groups is 4. The van der Waals surface area contributed by atoms with Crippen LogP contribution in [-0.2, 0) is 106 Å². The Morgan fingerprint density at radius 1 is 0.400 bits per heavy atom. The Hall–Kier alpha value is -12.7. The van der Waals surface area contributed by atoms with E-state index in [1.165, 1.54) is 60.7 Å². The number of imide groups is 1. The highest BCUT2D eigenvalue weighted by molar-refractivity contribution is 6.21. The molecule has 39 heteroatoms. The molecule has 1 aliphatic rings. The zero-order chi connectivity index (χ0) is 100. The summed E-state index contributed by atoms with van der Waals surface area (Å²) in [4.78, 5) is 274. The number of fused-ring (bicyclic) bond motifs is 1. The summed E-state index contributed by atoms with van der Waals surface area (Å²) in [6.07, 6.45) is -10.6. The average molecular weight is 1890 g/mol. The van der Waals surface area contributed by atoms with Gasteiger partial charge in [-0.05, 0) is 144 Å². The maximum atomic E-state index is 14.9. The van der Waals surface area contributed by atoms with Gasteiger partial charge in [-0.1, -0.05) is 107 Å². The number of phenolic OH excluding ortho intramolecular Hbond substituents is 2. The molecular formula is C96H130N10O29. The first kappa shape index (κ1) is 113. The molecule has 4 aromatic carbocycles. The molecule has 0 fully saturated rings. The number of carboxylic acids is 3. The third kappa shape index (κ3) is 38.7. The number of hydrogen-bond acceptors (Lipinski definition) is 27. The molecule has 0 bridgehead atoms. The van der Waals surface area contributed by atoms with Gasteiger partial charge >= 0.3 is 17.9 Å². The molecule has 0 spiro atoms. The molecule has 0 saturated carbocycles. The number of carbonyl (C=O) groups is 20. The fraction of sp³-hybridized carbons (Fsp3) is 0.542. The van der Waals surface area contributed by atoms with E-state index in [9.17, 15) is 142 Å². The number of hydrogen-bond donors (Lipinski definition) is 18. The number of rotatable bonds is 66. The van der Waals surface area contributed by atoms with Crippen LogP contribution < -0.4 is 48.3 Å². The van der Waals surface area contributed by atoms with Crippen LogP contribution in [0.5, 0.6) is 11.5 Å². The summed E-state index contributed by atoms with van der Waals surface area (Å²) in [5.41, 5.74) is 7.19. The number of aliphatic carboxylic acids is 3. The van der Waals surface area contributed by atoms with E-state index in [2.05, 4.69) is 42.5 Å². The lowest BCUT2D eigenvalue weighted by atomic mass is 9.85. The van der Waals surface area contributed by atoms with E-state index in [4.69, 9.17) is 5.73 Å². The van der Waals surface area contributed by atoms with Crippen LogP contribution in [0.3, 0.4) is 0 Å². The number of ketones is 7. The summed E-state index contributed by atoms with van der Waals surface area (Å²) in [6.45, 7) is 7.89. The zero-order valence-corrected chi connectivity index (χ0v) is 77.1. The maximum absolute atomic E-state index is 14.9. The van der Waals surface area contributed by atoms with E-state index in [0.717, 1.165) is 18.7 Å². The summed E-state index contributed by atoms with van der Waals surface area (Å²) in [6, 6.07) is 16.5. The number of nitrogens with one attached hydrogen (secondary N) is 8. The van der Waals surface area contributed by atoms with E-state index >= 15 is 0 Å². The molecule has 135 heavy (non-hydrogen) atoms. The van der Waals surface area contributed by atoms with Crippen molar-refractivity contribution in [1.29, 1.82) is 0 Å². The topological polar surface area (TPSA) is 649 Å². The standard InChI is InChI=1S/C96H130N10O29/c1-8-54(4)87(82(119)44-62(38-59-23-28-66(111)29-24-59)90(129)101-74(37-53(2)3)78(115)42-63(46-85(123)124)89(128)100-55(5)17-14-15-34-97)105-92(131)65(51-107)45-79(116)75(40-60-25-30-67(112)31-26-60)102-91(130)64(47-86(125)126)43-80(117)77(52-108)104-94(133)73(57(7)110)49-81(118)76(39-58-18-10-9-11-19-58)103-93(132)72(56(6)109)48-69(114)50-99-88(127)61(27-32-84(121)122)41-68(113)20-16-35-98-83(120)33-36-106-95(134)70-21-12-13-22-71(70)96(106)135/h9-13,18-19,21-26,28-31,53-57,61-65,72-77,87,107-112H,8,14-17,20,27,32-52,97H2,1-7H3,(H,98,120)(H,99,127)(H,100,128)(H,101,129)(H,102,130)(H,103,132)(H,104,133)(H,105,131)(H,121,122)(H,123,124)(H,125,126)/t54-,55+,56+,57+,61+,62+,63-,64-,65-,72-,73-,74-,75-,76-,77-,87-/m0/s1. The fourth-order valence-corrected chi connectivity index (χ4v) is 15.5. The highest BCUT2D eigenvalue weighted by Gasteiger charge is 2.42. The number of nitrogens with zero attached hydrogens (tertiary/aromatic N) is 1. The molecule has 39 nitrogen and oxygen atoms in total. The van der Waals surface area contributed by atoms with Crippen LogP contribution in [0.25, 0.3) is 0 Å². The van der Waals surface area contributed by atoms with Crippen molar-refractivity contribution in [1.82, 2.24) is 47.4 Å². The second-order valence-electron chi connectivity index (χ2n) is 35.1. The molecule has 738 valence electrons. The molecule has 0 aliphatic carbocycles. The number of aromatic hydroxyl groups is 2. The van der Waals surface area contributed by atoms with E-state index in [0.29, 0.717) is 36.9 Å². The number of nitrogens with two attached hydrogens (primary N) is 1. The SMILES string of the molecule is CC[C@H](C)[C@H](NC(=O)[C@H](CO)CC(=O)[C@H](Cc1ccc(O)cc1)NC(=O)[C@H](CC(=O)O)CC(=O)[C@H](CO)NC(=O)[C@@H](CC(=O)[C@H](Cc1ccccc1)NC(=O)[C@@H](CC(=O)CNC(=O)[C@H](CCC(=O)O)CC(=O)CCCNC(=O)CCN1C(=O)c2ccccc2C1=O)[C@@H](C)O)[C@@H](C)O)C(=O)C[C@@H](Cc1ccc(O)cc1)C(=O)N[C@@H](CC(C)C)C(=O)C[C@@H](CC(=O)O)C(=O)N[C@H](C)CCCCN. The van der Waals surface area contributed by atoms with E-state index in [-0.39, 0.29) is 98.6 Å². The first-order valence-corrected chi connectivity index (χ1v) is 45.4. The Labute approximate surface area is 782 Å². The monoisotopic (exact) mass is 1890 g/mol. The van der Waals surface area contributed by atoms with Gasteiger partial charge in [0, 0.05) is 95.2 Å². The number of carbonyl (C=O) groups excluding carboxylic acids is 17. The average Bonchev–Trinajstić information content (AvgIpc) is 1.64. The van der Waals surface area contributed by atoms with Crippen molar-refractivity contribution in [2.45, 2.75) is 238 Å². The third-order valence-corrected chi connectivity index (χ3v) is 23.6. The second-order valence-corrected chi connectivity index (χ2v) is 35.1. The molecule has 0 aromatic heterocycles. The lowest BCUT2D eigenvalue weighted by Crippen LogP contribution is -2.52. The van der Waals surface area contributed by atoms with Crippen molar-refractivity contribution in [3.63, 3.8) is 0 Å². The Morgan fingerprint density at radius 3 is 1.37 bits per heavy atom. The molecule has 19 N–H and O–H groups in total. The van der Waals surface area contributed by atoms with Crippen molar-refractivity contribution < 1.29 is 142 Å². The Bertz CT molecular complexity index is 4740. The van der Waals surface area contributed by atoms with Crippen LogP contribution in [0.4, 0.5) is 0 Å². The van der Waals surface area contributed by atoms with Crippen LogP contribution in [-0.4, -0.2) is 256 Å². The predicted molar refractivity (Wildman–Crippen MR) is 485 cm³/mol. The van der Waals surface area contributed by atoms with Crippen molar-refractivity contribution >= 4 is 117 Å². The quantitative estimate of drug-likeness (QED) is 0.0223. The van der Waals surface area contributed by atoms with Crippen molar-refractivity contribution in [3.05, 3.63) is 131 Å². The van der Waals surface area contributed by atoms with E-state index in [1.807, 2.05) is 0 Å². The summed E-state index contributed by atoms with van der Waals surface area (Å²) in [5, 5.41) is 114. The molecule has 10 amide bonds. The smallest absolute Gasteiger partial charge is 0.304 e. The van der Waals surface area contributed by atoms with E-state index < -0.39 is 304 Å². The minimum absolute atomic E-state index is 0.0180. The molecule has 1 aliphatic heterocycles. The number of benzene rings is 4. The molecule has 0 radical (unpaired) electrons. The number of unbranched alkanes of at least 4 members (excludes halogenated alkanes) is 1. The predicted octanol–water partition coefficient (Wildman–Crippen LogP) is 2.56. The molecule has 5 rings (SSSR count). The van der Waals surface area contributed by atoms with Crippen LogP contribution in [0.15, 0.2) is 103 Å². The minimum Gasteiger partial charge on any atom is -0.508 e. The first-order valence-electron chi connectivity index (χ1n) is 45.4. The number of phenols is 2. The van der Waals surface area contributed by atoms with Gasteiger partial charge in [0.2, 0.25) is 47.3 Å². The first-order chi connectivity index (χ1) is 63.9. The molecule has 0 unspecified atom stereocenters. The maximum Gasteiger partial charge on any atom is 0.304 e. The highest BCUT2D eigenvalue weighted by Crippen LogP contribution is 2.28. The van der Waals surface area contributed by atoms with Crippen molar-refractivity contribution in [3.8, 4) is 11.5 Å². The summed E-state index contributed by atoms with van der Waals surface area (Å²) in [5.74, 6) is -31.2. The van der Waals surface area contributed by atoms with Gasteiger partial charge in [-0.15, -0.1) is 0 Å². The molecule has 16 atom stereocenters. The molecular weight excluding hydrogens is 1760 g/mol. The lowest BCUT2D eigenvalue weighted by molar-refractivity contribution is -0.143.